The molecule has 4 rings (SSSR count). The fraction of sp³-hybridized carbons (Fsp3) is 0.452. The molecule has 9 heteroatoms. The van der Waals surface area contributed by atoms with Crippen LogP contribution in [0.2, 0.25) is 0 Å². The molecule has 40 heavy (non-hydrogen) atoms. The zero-order valence-electron chi connectivity index (χ0n) is 23.9. The summed E-state index contributed by atoms with van der Waals surface area (Å²) in [6.45, 7) is 7.04. The Balaban J connectivity index is 1.64. The summed E-state index contributed by atoms with van der Waals surface area (Å²) in [5.74, 6) is 2.41. The van der Waals surface area contributed by atoms with Crippen LogP contribution in [0, 0.1) is 0 Å². The van der Waals surface area contributed by atoms with Crippen LogP contribution in [-0.2, 0) is 16.1 Å². The van der Waals surface area contributed by atoms with Crippen molar-refractivity contribution >= 4 is 23.7 Å². The van der Waals surface area contributed by atoms with E-state index in [1.54, 1.807) is 23.6 Å². The smallest absolute Gasteiger partial charge is 0.338 e. The van der Waals surface area contributed by atoms with Gasteiger partial charge in [0.05, 0.1) is 19.3 Å². The molecule has 1 unspecified atom stereocenters. The van der Waals surface area contributed by atoms with Gasteiger partial charge in [0.2, 0.25) is 11.1 Å². The molecule has 2 heterocycles. The molecule has 0 saturated carbocycles. The number of methoxy groups -OCH3 is 1. The Labute approximate surface area is 241 Å². The molecular weight excluding hydrogens is 524 g/mol. The molecule has 0 amide bonds. The van der Waals surface area contributed by atoms with Crippen molar-refractivity contribution in [1.82, 2.24) is 14.8 Å². The van der Waals surface area contributed by atoms with Crippen molar-refractivity contribution < 1.29 is 19.0 Å². The average Bonchev–Trinajstić information content (AvgIpc) is 3.38. The summed E-state index contributed by atoms with van der Waals surface area (Å²) in [7, 11) is 1.63. The molecule has 0 bridgehead atoms. The minimum atomic E-state index is -0.542. The largest absolute Gasteiger partial charge is 0.493 e. The van der Waals surface area contributed by atoms with Crippen molar-refractivity contribution in [2.75, 3.05) is 24.8 Å². The van der Waals surface area contributed by atoms with E-state index >= 15 is 0 Å². The number of nitrogens with one attached hydrogen (secondary N) is 1. The molecule has 0 aliphatic carbocycles. The van der Waals surface area contributed by atoms with Crippen LogP contribution in [0.3, 0.4) is 0 Å². The van der Waals surface area contributed by atoms with Gasteiger partial charge in [-0.2, -0.15) is 4.98 Å². The van der Waals surface area contributed by atoms with Crippen LogP contribution >= 0.6 is 11.8 Å². The van der Waals surface area contributed by atoms with E-state index in [-0.39, 0.29) is 6.61 Å². The van der Waals surface area contributed by atoms with Gasteiger partial charge < -0.3 is 19.5 Å². The van der Waals surface area contributed by atoms with E-state index in [0.717, 1.165) is 42.6 Å². The normalized spacial score (nSPS) is 14.4. The maximum absolute atomic E-state index is 13.6. The van der Waals surface area contributed by atoms with E-state index in [4.69, 9.17) is 24.3 Å². The lowest BCUT2D eigenvalue weighted by Gasteiger charge is -2.28. The standard InChI is InChI=1S/C31H40N4O4S/c1-5-7-9-13-18-38-25-17-16-24(20-26(25)37-4)28-27(29(36)39-21-23-14-11-10-12-15-23)22(3)32-30-33-31(34-35(28)30)40-19-8-6-2/h10-12,14-17,20,28H,5-9,13,18-19,21H2,1-4H3,(H,32,33,34). The molecule has 8 nitrogen and oxygen atoms in total. The Kier molecular flexibility index (Phi) is 10.9. The number of anilines is 1. The lowest BCUT2D eigenvalue weighted by atomic mass is 9.95. The number of hydrogen-bond acceptors (Lipinski definition) is 8. The number of aromatic nitrogens is 3. The van der Waals surface area contributed by atoms with E-state index in [1.165, 1.54) is 12.8 Å². The predicted molar refractivity (Wildman–Crippen MR) is 159 cm³/mol. The Hall–Kier alpha value is -3.46. The van der Waals surface area contributed by atoms with Gasteiger partial charge in [-0.25, -0.2) is 9.48 Å². The third-order valence-corrected chi connectivity index (χ3v) is 7.68. The molecule has 0 saturated heterocycles. The van der Waals surface area contributed by atoms with Gasteiger partial charge in [-0.15, -0.1) is 5.10 Å². The van der Waals surface area contributed by atoms with Crippen LogP contribution in [0.1, 0.15) is 76.5 Å². The number of nitrogens with zero attached hydrogens (tertiary/aromatic N) is 3. The topological polar surface area (TPSA) is 87.5 Å². The van der Waals surface area contributed by atoms with Crippen LogP contribution in [0.25, 0.3) is 0 Å². The number of hydrogen-bond donors (Lipinski definition) is 1. The molecule has 1 aliphatic heterocycles. The number of ether oxygens (including phenoxy) is 3. The van der Waals surface area contributed by atoms with Gasteiger partial charge in [0.25, 0.3) is 0 Å². The number of carbonyl (C=O) groups excluding carboxylic acids is 1. The van der Waals surface area contributed by atoms with Gasteiger partial charge in [0.1, 0.15) is 12.6 Å². The van der Waals surface area contributed by atoms with Gasteiger partial charge in [-0.1, -0.05) is 87.7 Å². The Morgan fingerprint density at radius 1 is 1.02 bits per heavy atom. The fourth-order valence-corrected chi connectivity index (χ4v) is 5.47. The van der Waals surface area contributed by atoms with Crippen molar-refractivity contribution in [3.8, 4) is 11.5 Å². The fourth-order valence-electron chi connectivity index (χ4n) is 4.56. The molecule has 0 fully saturated rings. The Bertz CT molecular complexity index is 1290. The van der Waals surface area contributed by atoms with E-state index in [9.17, 15) is 4.79 Å². The number of esters is 1. The zero-order chi connectivity index (χ0) is 28.3. The molecule has 3 aromatic rings. The number of carbonyl (C=O) groups is 1. The third kappa shape index (κ3) is 7.38. The Morgan fingerprint density at radius 3 is 2.58 bits per heavy atom. The lowest BCUT2D eigenvalue weighted by Crippen LogP contribution is -2.29. The molecule has 1 N–H and O–H groups in total. The molecule has 1 atom stereocenters. The van der Waals surface area contributed by atoms with Crippen LogP contribution in [0.5, 0.6) is 11.5 Å². The first-order chi connectivity index (χ1) is 19.5. The van der Waals surface area contributed by atoms with E-state index in [1.807, 2.05) is 55.5 Å². The highest BCUT2D eigenvalue weighted by Gasteiger charge is 2.36. The summed E-state index contributed by atoms with van der Waals surface area (Å²) in [5, 5.41) is 8.77. The lowest BCUT2D eigenvalue weighted by molar-refractivity contribution is -0.140. The number of rotatable bonds is 15. The van der Waals surface area contributed by atoms with Crippen LogP contribution < -0.4 is 14.8 Å². The van der Waals surface area contributed by atoms with Crippen molar-refractivity contribution in [2.45, 2.75) is 77.1 Å². The maximum atomic E-state index is 13.6. The number of allylic oxidation sites excluding steroid dienone is 1. The van der Waals surface area contributed by atoms with E-state index in [0.29, 0.717) is 40.5 Å². The van der Waals surface area contributed by atoms with Gasteiger partial charge in [0, 0.05) is 11.4 Å². The van der Waals surface area contributed by atoms with E-state index in [2.05, 4.69) is 19.2 Å². The number of benzene rings is 2. The first kappa shape index (κ1) is 29.5. The molecule has 0 spiro atoms. The van der Waals surface area contributed by atoms with Crippen LogP contribution in [0.4, 0.5) is 5.95 Å². The molecule has 214 valence electrons. The predicted octanol–water partition coefficient (Wildman–Crippen LogP) is 7.17. The summed E-state index contributed by atoms with van der Waals surface area (Å²) in [5.41, 5.74) is 2.92. The van der Waals surface area contributed by atoms with Gasteiger partial charge in [0.15, 0.2) is 11.5 Å². The van der Waals surface area contributed by atoms with Gasteiger partial charge >= 0.3 is 5.97 Å². The van der Waals surface area contributed by atoms with Gasteiger partial charge in [-0.05, 0) is 43.0 Å². The second kappa shape index (κ2) is 14.8. The first-order valence-corrected chi connectivity index (χ1v) is 15.1. The summed E-state index contributed by atoms with van der Waals surface area (Å²) in [6, 6.07) is 14.9. The quantitative estimate of drug-likeness (QED) is 0.118. The zero-order valence-corrected chi connectivity index (χ0v) is 24.8. The molecule has 0 radical (unpaired) electrons. The minimum Gasteiger partial charge on any atom is -0.493 e. The summed E-state index contributed by atoms with van der Waals surface area (Å²) >= 11 is 1.62. The van der Waals surface area contributed by atoms with Crippen LogP contribution in [0.15, 0.2) is 65.0 Å². The van der Waals surface area contributed by atoms with Crippen molar-refractivity contribution in [2.24, 2.45) is 0 Å². The molecule has 1 aromatic heterocycles. The second-order valence-electron chi connectivity index (χ2n) is 9.81. The summed E-state index contributed by atoms with van der Waals surface area (Å²) in [4.78, 5) is 18.3. The third-order valence-electron chi connectivity index (χ3n) is 6.75. The number of unbranched alkanes of at least 4 members (excludes halogenated alkanes) is 4. The molecular formula is C31H40N4O4S. The Morgan fingerprint density at radius 2 is 1.82 bits per heavy atom. The number of fused-ring (bicyclic) bond motifs is 1. The highest BCUT2D eigenvalue weighted by molar-refractivity contribution is 7.99. The average molecular weight is 565 g/mol. The van der Waals surface area contributed by atoms with Crippen molar-refractivity contribution in [3.05, 3.63) is 70.9 Å². The molecule has 2 aromatic carbocycles. The van der Waals surface area contributed by atoms with Gasteiger partial charge in [-0.3, -0.25) is 0 Å². The van der Waals surface area contributed by atoms with Crippen molar-refractivity contribution in [1.29, 1.82) is 0 Å². The van der Waals surface area contributed by atoms with Crippen LogP contribution in [-0.4, -0.2) is 40.2 Å². The minimum absolute atomic E-state index is 0.180. The highest BCUT2D eigenvalue weighted by atomic mass is 32.2. The number of thioether (sulfide) groups is 1. The SMILES string of the molecule is CCCCCCOc1ccc(C2C(C(=O)OCc3ccccc3)=C(C)Nc3nc(SCCCC)nn32)cc1OC. The first-order valence-electron chi connectivity index (χ1n) is 14.1. The monoisotopic (exact) mass is 564 g/mol. The maximum Gasteiger partial charge on any atom is 0.338 e. The summed E-state index contributed by atoms with van der Waals surface area (Å²) < 4.78 is 19.3. The van der Waals surface area contributed by atoms with Crippen molar-refractivity contribution in [3.63, 3.8) is 0 Å². The molecule has 1 aliphatic rings. The highest BCUT2D eigenvalue weighted by Crippen LogP contribution is 2.40. The van der Waals surface area contributed by atoms with E-state index < -0.39 is 12.0 Å². The second-order valence-corrected chi connectivity index (χ2v) is 10.9. The summed E-state index contributed by atoms with van der Waals surface area (Å²) in [6.07, 6.45) is 6.69.